The van der Waals surface area contributed by atoms with Crippen molar-refractivity contribution in [2.75, 3.05) is 0 Å². The SMILES string of the molecule is CCCCC/C=C/CCCC/C=C/CCC(O)CCCC(O)CC(O)CCCCCC(=O)O. The Labute approximate surface area is 203 Å². The van der Waals surface area contributed by atoms with Gasteiger partial charge in [-0.05, 0) is 89.9 Å². The van der Waals surface area contributed by atoms with Crippen molar-refractivity contribution in [3.8, 4) is 0 Å². The number of carboxylic acids is 1. The monoisotopic (exact) mass is 468 g/mol. The lowest BCUT2D eigenvalue weighted by Crippen LogP contribution is -2.18. The first-order valence-electron chi connectivity index (χ1n) is 13.5. The molecule has 5 nitrogen and oxygen atoms in total. The van der Waals surface area contributed by atoms with E-state index in [0.717, 1.165) is 38.5 Å². The Morgan fingerprint density at radius 2 is 1.12 bits per heavy atom. The number of carbonyl (C=O) groups is 1. The van der Waals surface area contributed by atoms with Crippen LogP contribution >= 0.6 is 0 Å². The van der Waals surface area contributed by atoms with E-state index >= 15 is 0 Å². The van der Waals surface area contributed by atoms with Crippen molar-refractivity contribution >= 4 is 5.97 Å². The lowest BCUT2D eigenvalue weighted by molar-refractivity contribution is -0.137. The molecule has 3 atom stereocenters. The molecule has 0 spiro atoms. The number of carboxylic acid groups (broad SMARTS) is 1. The van der Waals surface area contributed by atoms with Crippen molar-refractivity contribution < 1.29 is 25.2 Å². The average Bonchev–Trinajstić information content (AvgIpc) is 2.76. The molecule has 194 valence electrons. The highest BCUT2D eigenvalue weighted by atomic mass is 16.4. The highest BCUT2D eigenvalue weighted by Crippen LogP contribution is 2.15. The van der Waals surface area contributed by atoms with Gasteiger partial charge in [-0.3, -0.25) is 4.79 Å². The van der Waals surface area contributed by atoms with Gasteiger partial charge < -0.3 is 20.4 Å². The number of hydrogen-bond acceptors (Lipinski definition) is 4. The van der Waals surface area contributed by atoms with E-state index in [1.54, 1.807) is 0 Å². The minimum atomic E-state index is -0.781. The minimum Gasteiger partial charge on any atom is -0.481 e. The molecule has 0 rings (SSSR count). The zero-order chi connectivity index (χ0) is 24.6. The molecule has 0 aromatic rings. The second-order valence-electron chi connectivity index (χ2n) is 9.42. The van der Waals surface area contributed by atoms with E-state index in [2.05, 4.69) is 31.2 Å². The predicted molar refractivity (Wildman–Crippen MR) is 137 cm³/mol. The summed E-state index contributed by atoms with van der Waals surface area (Å²) in [6.07, 6.45) is 24.5. The van der Waals surface area contributed by atoms with Crippen LogP contribution in [-0.4, -0.2) is 44.7 Å². The maximum Gasteiger partial charge on any atom is 0.303 e. The normalized spacial score (nSPS) is 14.8. The standard InChI is InChI=1S/C28H52O5/c1-2-3-4-5-6-7-8-9-10-11-12-13-15-19-25(29)21-18-22-27(31)24-26(30)20-16-14-17-23-28(32)33/h6-7,12-13,25-27,29-31H,2-5,8-11,14-24H2,1H3,(H,32,33)/b7-6+,13-12+. The fourth-order valence-corrected chi connectivity index (χ4v) is 3.91. The Kier molecular flexibility index (Phi) is 23.1. The molecule has 33 heavy (non-hydrogen) atoms. The number of aliphatic hydroxyl groups is 3. The van der Waals surface area contributed by atoms with Crippen molar-refractivity contribution in [2.45, 2.75) is 147 Å². The molecule has 0 amide bonds. The summed E-state index contributed by atoms with van der Waals surface area (Å²) in [6.45, 7) is 2.23. The largest absolute Gasteiger partial charge is 0.481 e. The maximum atomic E-state index is 10.5. The fraction of sp³-hybridized carbons (Fsp3) is 0.821. The minimum absolute atomic E-state index is 0.175. The van der Waals surface area contributed by atoms with Crippen LogP contribution in [0.3, 0.4) is 0 Å². The summed E-state index contributed by atoms with van der Waals surface area (Å²) in [6, 6.07) is 0. The smallest absolute Gasteiger partial charge is 0.303 e. The quantitative estimate of drug-likeness (QED) is 0.0933. The predicted octanol–water partition coefficient (Wildman–Crippen LogP) is 6.70. The average molecular weight is 469 g/mol. The van der Waals surface area contributed by atoms with Crippen LogP contribution < -0.4 is 0 Å². The van der Waals surface area contributed by atoms with Gasteiger partial charge >= 0.3 is 5.97 Å². The highest BCUT2D eigenvalue weighted by Gasteiger charge is 2.13. The van der Waals surface area contributed by atoms with Crippen LogP contribution in [0.15, 0.2) is 24.3 Å². The molecule has 4 N–H and O–H groups in total. The van der Waals surface area contributed by atoms with Gasteiger partial charge in [-0.25, -0.2) is 0 Å². The molecular formula is C28H52O5. The molecule has 0 fully saturated rings. The number of rotatable bonds is 24. The third kappa shape index (κ3) is 25.3. The summed E-state index contributed by atoms with van der Waals surface area (Å²) in [4.78, 5) is 10.5. The second-order valence-corrected chi connectivity index (χ2v) is 9.42. The number of allylic oxidation sites excluding steroid dienone is 4. The topological polar surface area (TPSA) is 98.0 Å². The van der Waals surface area contributed by atoms with Crippen LogP contribution in [0.2, 0.25) is 0 Å². The molecule has 0 radical (unpaired) electrons. The molecule has 0 aromatic heterocycles. The maximum absolute atomic E-state index is 10.5. The zero-order valence-corrected chi connectivity index (χ0v) is 21.2. The lowest BCUT2D eigenvalue weighted by atomic mass is 9.99. The Balaban J connectivity index is 3.54. The van der Waals surface area contributed by atoms with Gasteiger partial charge in [-0.15, -0.1) is 0 Å². The van der Waals surface area contributed by atoms with Gasteiger partial charge in [-0.1, -0.05) is 56.9 Å². The lowest BCUT2D eigenvalue weighted by Gasteiger charge is -2.16. The summed E-state index contributed by atoms with van der Waals surface area (Å²) >= 11 is 0. The molecule has 0 aliphatic rings. The first-order chi connectivity index (χ1) is 16.0. The molecule has 0 aromatic carbocycles. The number of unbranched alkanes of at least 4 members (excludes halogenated alkanes) is 8. The van der Waals surface area contributed by atoms with E-state index in [0.29, 0.717) is 32.1 Å². The number of aliphatic hydroxyl groups excluding tert-OH is 3. The van der Waals surface area contributed by atoms with Crippen molar-refractivity contribution in [3.63, 3.8) is 0 Å². The molecule has 0 saturated carbocycles. The van der Waals surface area contributed by atoms with Crippen LogP contribution in [0.4, 0.5) is 0 Å². The first kappa shape index (κ1) is 31.8. The molecule has 5 heteroatoms. The first-order valence-corrected chi connectivity index (χ1v) is 13.5. The van der Waals surface area contributed by atoms with Gasteiger partial charge in [0.1, 0.15) is 0 Å². The van der Waals surface area contributed by atoms with Gasteiger partial charge in [0.15, 0.2) is 0 Å². The summed E-state index contributed by atoms with van der Waals surface area (Å²) in [5, 5.41) is 38.8. The van der Waals surface area contributed by atoms with Gasteiger partial charge in [0.25, 0.3) is 0 Å². The van der Waals surface area contributed by atoms with Crippen LogP contribution in [0.1, 0.15) is 129 Å². The molecule has 0 saturated heterocycles. The molecule has 0 aliphatic carbocycles. The Bertz CT molecular complexity index is 489. The third-order valence-corrected chi connectivity index (χ3v) is 6.01. The van der Waals surface area contributed by atoms with E-state index in [1.165, 1.54) is 44.9 Å². The van der Waals surface area contributed by atoms with Crippen LogP contribution in [0.25, 0.3) is 0 Å². The van der Waals surface area contributed by atoms with E-state index in [1.807, 2.05) is 0 Å². The van der Waals surface area contributed by atoms with Gasteiger partial charge in [0, 0.05) is 6.42 Å². The molecular weight excluding hydrogens is 416 g/mol. The van der Waals surface area contributed by atoms with Gasteiger partial charge in [0.2, 0.25) is 0 Å². The van der Waals surface area contributed by atoms with Crippen molar-refractivity contribution in [3.05, 3.63) is 24.3 Å². The fourth-order valence-electron chi connectivity index (χ4n) is 3.91. The van der Waals surface area contributed by atoms with Crippen LogP contribution in [0, 0.1) is 0 Å². The van der Waals surface area contributed by atoms with E-state index in [4.69, 9.17) is 5.11 Å². The Morgan fingerprint density at radius 3 is 1.70 bits per heavy atom. The zero-order valence-electron chi connectivity index (χ0n) is 21.2. The number of aliphatic carboxylic acids is 1. The molecule has 3 unspecified atom stereocenters. The molecule has 0 aliphatic heterocycles. The Morgan fingerprint density at radius 1 is 0.606 bits per heavy atom. The summed E-state index contributed by atoms with van der Waals surface area (Å²) in [5.74, 6) is -0.781. The van der Waals surface area contributed by atoms with E-state index in [-0.39, 0.29) is 12.5 Å². The highest BCUT2D eigenvalue weighted by molar-refractivity contribution is 5.66. The van der Waals surface area contributed by atoms with Crippen molar-refractivity contribution in [1.82, 2.24) is 0 Å². The number of hydrogen-bond donors (Lipinski definition) is 4. The summed E-state index contributed by atoms with van der Waals surface area (Å²) < 4.78 is 0. The summed E-state index contributed by atoms with van der Waals surface area (Å²) in [7, 11) is 0. The second kappa shape index (κ2) is 24.0. The molecule has 0 heterocycles. The van der Waals surface area contributed by atoms with Crippen molar-refractivity contribution in [1.29, 1.82) is 0 Å². The van der Waals surface area contributed by atoms with E-state index in [9.17, 15) is 20.1 Å². The molecule has 0 bridgehead atoms. The Hall–Kier alpha value is -1.17. The van der Waals surface area contributed by atoms with Crippen molar-refractivity contribution in [2.24, 2.45) is 0 Å². The summed E-state index contributed by atoms with van der Waals surface area (Å²) in [5.41, 5.74) is 0. The van der Waals surface area contributed by atoms with Crippen LogP contribution in [0.5, 0.6) is 0 Å². The van der Waals surface area contributed by atoms with Gasteiger partial charge in [0.05, 0.1) is 18.3 Å². The van der Waals surface area contributed by atoms with Gasteiger partial charge in [-0.2, -0.15) is 0 Å². The van der Waals surface area contributed by atoms with E-state index < -0.39 is 18.2 Å². The third-order valence-electron chi connectivity index (χ3n) is 6.01. The van der Waals surface area contributed by atoms with Crippen LogP contribution in [-0.2, 0) is 4.79 Å².